The second-order valence-electron chi connectivity index (χ2n) is 8.99. The first-order chi connectivity index (χ1) is 10.4. The van der Waals surface area contributed by atoms with Gasteiger partial charge in [-0.25, -0.2) is 0 Å². The standard InChI is InChI=1S/C20H28O2/c1-12-6-8-19(2)13(10-12)11-16(21)18-14-4-5-17(22)20(14,3)9-7-15(18)19/h11-12,14-15,18H,4-10H2,1-3H3/t12-,14+,15+,18+,19+,20+/m1/s1. The van der Waals surface area contributed by atoms with Gasteiger partial charge in [-0.2, -0.15) is 0 Å². The fourth-order valence-corrected chi connectivity index (χ4v) is 6.36. The van der Waals surface area contributed by atoms with E-state index in [1.54, 1.807) is 0 Å². The quantitative estimate of drug-likeness (QED) is 0.667. The molecule has 0 aromatic carbocycles. The number of hydrogen-bond acceptors (Lipinski definition) is 2. The van der Waals surface area contributed by atoms with Crippen LogP contribution in [0.3, 0.4) is 0 Å². The van der Waals surface area contributed by atoms with Crippen LogP contribution in [0.15, 0.2) is 11.6 Å². The minimum Gasteiger partial charge on any atom is -0.299 e. The smallest absolute Gasteiger partial charge is 0.159 e. The van der Waals surface area contributed by atoms with Crippen molar-refractivity contribution in [2.24, 2.45) is 34.5 Å². The second-order valence-corrected chi connectivity index (χ2v) is 8.99. The van der Waals surface area contributed by atoms with Crippen LogP contribution in [0.1, 0.15) is 65.7 Å². The van der Waals surface area contributed by atoms with Gasteiger partial charge in [0.25, 0.3) is 0 Å². The Kier molecular flexibility index (Phi) is 3.03. The predicted molar refractivity (Wildman–Crippen MR) is 86.3 cm³/mol. The van der Waals surface area contributed by atoms with Crippen LogP contribution in [-0.2, 0) is 9.59 Å². The molecule has 0 amide bonds. The molecule has 3 saturated carbocycles. The molecule has 0 spiro atoms. The Labute approximate surface area is 133 Å². The van der Waals surface area contributed by atoms with Crippen molar-refractivity contribution in [2.75, 3.05) is 0 Å². The molecule has 0 radical (unpaired) electrons. The highest BCUT2D eigenvalue weighted by Crippen LogP contribution is 2.63. The van der Waals surface area contributed by atoms with Gasteiger partial charge in [0.15, 0.2) is 5.78 Å². The lowest BCUT2D eigenvalue weighted by Gasteiger charge is -2.56. The van der Waals surface area contributed by atoms with Gasteiger partial charge < -0.3 is 0 Å². The van der Waals surface area contributed by atoms with Crippen LogP contribution >= 0.6 is 0 Å². The lowest BCUT2D eigenvalue weighted by atomic mass is 9.47. The van der Waals surface area contributed by atoms with Crippen molar-refractivity contribution in [2.45, 2.75) is 65.7 Å². The summed E-state index contributed by atoms with van der Waals surface area (Å²) in [6.07, 6.45) is 9.33. The van der Waals surface area contributed by atoms with Gasteiger partial charge in [0.1, 0.15) is 5.78 Å². The molecule has 0 unspecified atom stereocenters. The van der Waals surface area contributed by atoms with Gasteiger partial charge in [-0.3, -0.25) is 9.59 Å². The largest absolute Gasteiger partial charge is 0.299 e. The zero-order valence-corrected chi connectivity index (χ0v) is 14.2. The highest BCUT2D eigenvalue weighted by atomic mass is 16.1. The third-order valence-electron chi connectivity index (χ3n) is 7.90. The van der Waals surface area contributed by atoms with Gasteiger partial charge >= 0.3 is 0 Å². The fraction of sp³-hybridized carbons (Fsp3) is 0.800. The van der Waals surface area contributed by atoms with Crippen LogP contribution in [0, 0.1) is 34.5 Å². The number of allylic oxidation sites excluding steroid dienone is 2. The van der Waals surface area contributed by atoms with Gasteiger partial charge in [-0.05, 0) is 67.8 Å². The number of Topliss-reactive ketones (excluding diaryl/α,β-unsaturated/α-hetero) is 1. The van der Waals surface area contributed by atoms with Gasteiger partial charge in [0, 0.05) is 17.8 Å². The molecule has 2 heteroatoms. The fourth-order valence-electron chi connectivity index (χ4n) is 6.36. The summed E-state index contributed by atoms with van der Waals surface area (Å²) >= 11 is 0. The SMILES string of the molecule is C[C@@H]1CC[C@@]2(C)C(=CC(=O)[C@@H]3[C@@H]2CC[C@]2(C)C(=O)CC[C@@H]32)C1. The molecule has 3 fully saturated rings. The molecule has 120 valence electrons. The maximum absolute atomic E-state index is 12.9. The van der Waals surface area contributed by atoms with Crippen LogP contribution in [0.4, 0.5) is 0 Å². The Hall–Kier alpha value is -0.920. The van der Waals surface area contributed by atoms with Crippen molar-refractivity contribution >= 4 is 11.6 Å². The number of carbonyl (C=O) groups excluding carboxylic acids is 2. The van der Waals surface area contributed by atoms with Gasteiger partial charge in [0.2, 0.25) is 0 Å². The molecule has 4 aliphatic rings. The second kappa shape index (κ2) is 4.55. The number of rotatable bonds is 0. The minimum absolute atomic E-state index is 0.118. The van der Waals surface area contributed by atoms with E-state index in [0.29, 0.717) is 35.7 Å². The van der Waals surface area contributed by atoms with E-state index in [0.717, 1.165) is 25.7 Å². The molecular formula is C20H28O2. The summed E-state index contributed by atoms with van der Waals surface area (Å²) in [5.41, 5.74) is 1.43. The lowest BCUT2D eigenvalue weighted by molar-refractivity contribution is -0.139. The van der Waals surface area contributed by atoms with E-state index in [9.17, 15) is 9.59 Å². The third kappa shape index (κ3) is 1.73. The monoisotopic (exact) mass is 300 g/mol. The highest BCUT2D eigenvalue weighted by Gasteiger charge is 2.60. The van der Waals surface area contributed by atoms with Gasteiger partial charge in [-0.1, -0.05) is 26.3 Å². The summed E-state index contributed by atoms with van der Waals surface area (Å²) in [7, 11) is 0. The molecule has 2 nitrogen and oxygen atoms in total. The number of fused-ring (bicyclic) bond motifs is 5. The first-order valence-electron chi connectivity index (χ1n) is 9.14. The van der Waals surface area contributed by atoms with E-state index in [4.69, 9.17) is 0 Å². The summed E-state index contributed by atoms with van der Waals surface area (Å²) in [4.78, 5) is 25.3. The van der Waals surface area contributed by atoms with E-state index in [-0.39, 0.29) is 16.7 Å². The van der Waals surface area contributed by atoms with Crippen molar-refractivity contribution in [3.05, 3.63) is 11.6 Å². The van der Waals surface area contributed by atoms with Gasteiger partial charge in [-0.15, -0.1) is 0 Å². The first-order valence-corrected chi connectivity index (χ1v) is 9.14. The summed E-state index contributed by atoms with van der Waals surface area (Å²) in [5, 5.41) is 0. The zero-order valence-electron chi connectivity index (χ0n) is 14.2. The van der Waals surface area contributed by atoms with Crippen LogP contribution in [0.25, 0.3) is 0 Å². The van der Waals surface area contributed by atoms with Crippen LogP contribution in [0.2, 0.25) is 0 Å². The first kappa shape index (κ1) is 14.7. The average Bonchev–Trinajstić information content (AvgIpc) is 2.77. The van der Waals surface area contributed by atoms with Crippen LogP contribution in [0.5, 0.6) is 0 Å². The Morgan fingerprint density at radius 3 is 2.45 bits per heavy atom. The molecule has 22 heavy (non-hydrogen) atoms. The normalized spacial score (nSPS) is 51.0. The van der Waals surface area contributed by atoms with Crippen LogP contribution < -0.4 is 0 Å². The number of ketones is 2. The Morgan fingerprint density at radius 2 is 1.68 bits per heavy atom. The van der Waals surface area contributed by atoms with Crippen molar-refractivity contribution in [1.29, 1.82) is 0 Å². The summed E-state index contributed by atoms with van der Waals surface area (Å²) in [5.74, 6) is 2.38. The molecule has 0 aromatic rings. The average molecular weight is 300 g/mol. The number of hydrogen-bond donors (Lipinski definition) is 0. The zero-order chi connectivity index (χ0) is 15.7. The van der Waals surface area contributed by atoms with Crippen molar-refractivity contribution in [3.8, 4) is 0 Å². The molecule has 0 heterocycles. The van der Waals surface area contributed by atoms with Crippen molar-refractivity contribution in [3.63, 3.8) is 0 Å². The van der Waals surface area contributed by atoms with Gasteiger partial charge in [0.05, 0.1) is 0 Å². The molecule has 4 aliphatic carbocycles. The molecular weight excluding hydrogens is 272 g/mol. The summed E-state index contributed by atoms with van der Waals surface area (Å²) < 4.78 is 0. The topological polar surface area (TPSA) is 34.1 Å². The predicted octanol–water partition coefficient (Wildman–Crippen LogP) is 4.33. The van der Waals surface area contributed by atoms with Crippen molar-refractivity contribution in [1.82, 2.24) is 0 Å². The molecule has 4 rings (SSSR count). The minimum atomic E-state index is -0.208. The van der Waals surface area contributed by atoms with E-state index in [1.807, 2.05) is 6.08 Å². The number of carbonyl (C=O) groups is 2. The van der Waals surface area contributed by atoms with E-state index in [2.05, 4.69) is 20.8 Å². The molecule has 0 saturated heterocycles. The van der Waals surface area contributed by atoms with Crippen molar-refractivity contribution < 1.29 is 9.59 Å². The van der Waals surface area contributed by atoms with Crippen LogP contribution in [-0.4, -0.2) is 11.6 Å². The molecule has 0 N–H and O–H groups in total. The molecule has 0 aliphatic heterocycles. The molecule has 6 atom stereocenters. The maximum atomic E-state index is 12.9. The van der Waals surface area contributed by atoms with E-state index < -0.39 is 0 Å². The maximum Gasteiger partial charge on any atom is 0.159 e. The summed E-state index contributed by atoms with van der Waals surface area (Å²) in [6, 6.07) is 0. The van der Waals surface area contributed by atoms with E-state index in [1.165, 1.54) is 18.4 Å². The lowest BCUT2D eigenvalue weighted by Crippen LogP contribution is -2.53. The Bertz CT molecular complexity index is 574. The highest BCUT2D eigenvalue weighted by molar-refractivity contribution is 5.96. The Balaban J connectivity index is 1.76. The molecule has 0 aromatic heterocycles. The van der Waals surface area contributed by atoms with E-state index >= 15 is 0 Å². The Morgan fingerprint density at radius 1 is 1.00 bits per heavy atom. The summed E-state index contributed by atoms with van der Waals surface area (Å²) in [6.45, 7) is 6.86. The molecule has 0 bridgehead atoms. The third-order valence-corrected chi connectivity index (χ3v) is 7.90.